The molecular formula is C11H13FN4O4. The van der Waals surface area contributed by atoms with Crippen molar-refractivity contribution in [1.29, 1.82) is 0 Å². The third-order valence-electron chi connectivity index (χ3n) is 2.94. The van der Waals surface area contributed by atoms with Crippen molar-refractivity contribution in [2.45, 2.75) is 31.0 Å². The zero-order valence-electron chi connectivity index (χ0n) is 10.5. The highest BCUT2D eigenvalue weighted by molar-refractivity contribution is 5.22. The number of nitrogen functional groups attached to an aromatic ring is 1. The monoisotopic (exact) mass is 284 g/mol. The lowest BCUT2D eigenvalue weighted by Gasteiger charge is -2.23. The van der Waals surface area contributed by atoms with E-state index in [-0.39, 0.29) is 5.95 Å². The molecule has 4 atom stereocenters. The Hall–Kier alpha value is -2.02. The van der Waals surface area contributed by atoms with Crippen molar-refractivity contribution < 1.29 is 19.3 Å². The fourth-order valence-electron chi connectivity index (χ4n) is 2.01. The van der Waals surface area contributed by atoms with Crippen LogP contribution in [0.4, 0.5) is 10.3 Å². The van der Waals surface area contributed by atoms with Crippen LogP contribution in [0.25, 0.3) is 0 Å². The second-order valence-electron chi connectivity index (χ2n) is 4.20. The van der Waals surface area contributed by atoms with E-state index < -0.39 is 36.4 Å². The number of hydrogen-bond acceptors (Lipinski definition) is 7. The minimum Gasteiger partial charge on any atom is -0.394 e. The Kier molecular flexibility index (Phi) is 3.71. The molecule has 2 rings (SSSR count). The number of aliphatic hydroxyl groups is 2. The summed E-state index contributed by atoms with van der Waals surface area (Å²) in [6, 6.07) is 0. The molecule has 0 bridgehead atoms. The number of anilines is 1. The van der Waals surface area contributed by atoms with Gasteiger partial charge < -0.3 is 20.7 Å². The average Bonchev–Trinajstić information content (AvgIpc) is 2.63. The maximum Gasteiger partial charge on any atom is 0.354 e. The van der Waals surface area contributed by atoms with Crippen molar-refractivity contribution >= 4 is 5.95 Å². The van der Waals surface area contributed by atoms with Gasteiger partial charge in [-0.1, -0.05) is 5.92 Å². The molecule has 0 aliphatic carbocycles. The number of halogens is 1. The summed E-state index contributed by atoms with van der Waals surface area (Å²) in [7, 11) is 0. The van der Waals surface area contributed by atoms with Crippen molar-refractivity contribution in [2.75, 3.05) is 12.3 Å². The summed E-state index contributed by atoms with van der Waals surface area (Å²) in [4.78, 5) is 18.6. The van der Waals surface area contributed by atoms with E-state index in [1.165, 1.54) is 6.92 Å². The summed E-state index contributed by atoms with van der Waals surface area (Å²) in [5, 5.41) is 18.9. The van der Waals surface area contributed by atoms with E-state index in [2.05, 4.69) is 21.8 Å². The molecule has 0 saturated carbocycles. The first-order valence-electron chi connectivity index (χ1n) is 5.72. The molecule has 0 amide bonds. The Morgan fingerprint density at radius 1 is 1.70 bits per heavy atom. The Morgan fingerprint density at radius 3 is 2.95 bits per heavy atom. The Bertz CT molecular complexity index is 625. The third kappa shape index (κ3) is 2.14. The predicted octanol–water partition coefficient (Wildman–Crippen LogP) is -1.80. The largest absolute Gasteiger partial charge is 0.394 e. The number of hydrogen-bond donors (Lipinski definition) is 3. The molecule has 2 heterocycles. The highest BCUT2D eigenvalue weighted by Crippen LogP contribution is 2.40. The Balaban J connectivity index is 2.52. The van der Waals surface area contributed by atoms with E-state index in [9.17, 15) is 14.3 Å². The maximum atomic E-state index is 14.9. The number of aliphatic hydroxyl groups excluding tert-OH is 2. The van der Waals surface area contributed by atoms with Gasteiger partial charge in [-0.3, -0.25) is 4.57 Å². The van der Waals surface area contributed by atoms with Crippen LogP contribution in [0.2, 0.25) is 0 Å². The lowest BCUT2D eigenvalue weighted by molar-refractivity contribution is -0.0547. The van der Waals surface area contributed by atoms with E-state index in [0.717, 1.165) is 10.9 Å². The van der Waals surface area contributed by atoms with Gasteiger partial charge in [-0.15, -0.1) is 5.92 Å². The lowest BCUT2D eigenvalue weighted by atomic mass is 9.96. The molecule has 9 heteroatoms. The first-order valence-corrected chi connectivity index (χ1v) is 5.72. The molecule has 4 N–H and O–H groups in total. The second kappa shape index (κ2) is 5.16. The van der Waals surface area contributed by atoms with Gasteiger partial charge in [-0.2, -0.15) is 4.98 Å². The van der Waals surface area contributed by atoms with Crippen LogP contribution < -0.4 is 11.4 Å². The molecule has 1 aliphatic rings. The standard InChI is InChI=1S/C11H13FN4O4/c1-2-3-11(12)7(18)6(4-17)20-8(11)16-5-14-9(13)15-10(16)19/h5-8,17-18H,4H2,1H3,(H2,13,15,19)/t6-,7?,8-,11-/m1/s1. The van der Waals surface area contributed by atoms with Gasteiger partial charge >= 0.3 is 5.69 Å². The quantitative estimate of drug-likeness (QED) is 0.547. The number of ether oxygens (including phenoxy) is 1. The highest BCUT2D eigenvalue weighted by atomic mass is 19.1. The van der Waals surface area contributed by atoms with Crippen molar-refractivity contribution in [3.05, 3.63) is 16.8 Å². The number of nitrogens with two attached hydrogens (primary N) is 1. The average molecular weight is 284 g/mol. The highest BCUT2D eigenvalue weighted by Gasteiger charge is 2.57. The van der Waals surface area contributed by atoms with Crippen LogP contribution in [0.3, 0.4) is 0 Å². The van der Waals surface area contributed by atoms with Gasteiger partial charge in [0.25, 0.3) is 0 Å². The molecular weight excluding hydrogens is 271 g/mol. The van der Waals surface area contributed by atoms with Gasteiger partial charge in [0, 0.05) is 0 Å². The topological polar surface area (TPSA) is 123 Å². The number of nitrogens with zero attached hydrogens (tertiary/aromatic N) is 3. The molecule has 1 fully saturated rings. The maximum absolute atomic E-state index is 14.9. The molecule has 0 aromatic carbocycles. The zero-order valence-corrected chi connectivity index (χ0v) is 10.5. The van der Waals surface area contributed by atoms with Crippen LogP contribution in [-0.4, -0.2) is 49.2 Å². The lowest BCUT2D eigenvalue weighted by Crippen LogP contribution is -2.44. The molecule has 0 radical (unpaired) electrons. The normalized spacial score (nSPS) is 32.7. The first-order chi connectivity index (χ1) is 9.43. The molecule has 1 unspecified atom stereocenters. The van der Waals surface area contributed by atoms with Crippen molar-refractivity contribution in [3.8, 4) is 11.8 Å². The van der Waals surface area contributed by atoms with Gasteiger partial charge in [0.15, 0.2) is 6.23 Å². The molecule has 1 saturated heterocycles. The summed E-state index contributed by atoms with van der Waals surface area (Å²) in [6.07, 6.45) is -3.55. The minimum atomic E-state index is -2.56. The minimum absolute atomic E-state index is 0.269. The predicted molar refractivity (Wildman–Crippen MR) is 65.0 cm³/mol. The van der Waals surface area contributed by atoms with Gasteiger partial charge in [0.05, 0.1) is 6.61 Å². The molecule has 8 nitrogen and oxygen atoms in total. The fraction of sp³-hybridized carbons (Fsp3) is 0.545. The van der Waals surface area contributed by atoms with Crippen molar-refractivity contribution in [1.82, 2.24) is 14.5 Å². The number of alkyl halides is 1. The molecule has 20 heavy (non-hydrogen) atoms. The second-order valence-corrected chi connectivity index (χ2v) is 4.20. The zero-order chi connectivity index (χ0) is 14.9. The van der Waals surface area contributed by atoms with Crippen LogP contribution in [0.5, 0.6) is 0 Å². The molecule has 1 aromatic rings. The smallest absolute Gasteiger partial charge is 0.354 e. The summed E-state index contributed by atoms with van der Waals surface area (Å²) < 4.78 is 20.8. The van der Waals surface area contributed by atoms with Crippen LogP contribution in [0, 0.1) is 11.8 Å². The van der Waals surface area contributed by atoms with E-state index >= 15 is 0 Å². The van der Waals surface area contributed by atoms with Crippen LogP contribution in [0.1, 0.15) is 13.2 Å². The van der Waals surface area contributed by atoms with E-state index in [0.29, 0.717) is 0 Å². The van der Waals surface area contributed by atoms with Gasteiger partial charge in [-0.25, -0.2) is 14.2 Å². The molecule has 1 aliphatic heterocycles. The number of rotatable bonds is 2. The SMILES string of the molecule is CC#C[C@@]1(F)C(O)[C@@H](CO)O[C@H]1n1cnc(N)nc1=O. The van der Waals surface area contributed by atoms with Crippen LogP contribution >= 0.6 is 0 Å². The summed E-state index contributed by atoms with van der Waals surface area (Å²) in [6.45, 7) is 0.749. The molecule has 0 spiro atoms. The van der Waals surface area contributed by atoms with Crippen molar-refractivity contribution in [3.63, 3.8) is 0 Å². The molecule has 108 valence electrons. The summed E-state index contributed by atoms with van der Waals surface area (Å²) >= 11 is 0. The van der Waals surface area contributed by atoms with E-state index in [1.807, 2.05) is 0 Å². The fourth-order valence-corrected chi connectivity index (χ4v) is 2.01. The van der Waals surface area contributed by atoms with E-state index in [4.69, 9.17) is 15.6 Å². The van der Waals surface area contributed by atoms with Gasteiger partial charge in [0.2, 0.25) is 11.6 Å². The molecule has 1 aromatic heterocycles. The number of aromatic nitrogens is 3. The van der Waals surface area contributed by atoms with Gasteiger partial charge in [0.1, 0.15) is 18.5 Å². The van der Waals surface area contributed by atoms with Crippen LogP contribution in [0.15, 0.2) is 11.1 Å². The Morgan fingerprint density at radius 2 is 2.40 bits per heavy atom. The van der Waals surface area contributed by atoms with Crippen molar-refractivity contribution in [2.24, 2.45) is 0 Å². The first kappa shape index (κ1) is 14.4. The van der Waals surface area contributed by atoms with Crippen LogP contribution in [-0.2, 0) is 4.74 Å². The summed E-state index contributed by atoms with van der Waals surface area (Å²) in [5.41, 5.74) is 1.79. The Labute approximate surface area is 113 Å². The summed E-state index contributed by atoms with van der Waals surface area (Å²) in [5.74, 6) is 4.24. The van der Waals surface area contributed by atoms with E-state index in [1.54, 1.807) is 0 Å². The van der Waals surface area contributed by atoms with Gasteiger partial charge in [-0.05, 0) is 6.92 Å². The third-order valence-corrected chi connectivity index (χ3v) is 2.94.